The van der Waals surface area contributed by atoms with Gasteiger partial charge < -0.3 is 20.5 Å². The summed E-state index contributed by atoms with van der Waals surface area (Å²) < 4.78 is 9.84. The molecule has 1 atom stereocenters. The summed E-state index contributed by atoms with van der Waals surface area (Å²) in [4.78, 5) is 22.2. The molecular formula is C13H19ClN2O4. The van der Waals surface area contributed by atoms with Crippen molar-refractivity contribution in [2.45, 2.75) is 19.4 Å². The zero-order valence-electron chi connectivity index (χ0n) is 11.4. The maximum absolute atomic E-state index is 11.4. The standard InChI is InChI=1S/C13H18N2O4.ClH/c1-9(14)13(17)15-10-3-5-11(6-4-10)19-8-7-12(16)18-2;/h3-6,9H,7-8,14H2,1-2H3,(H,15,17);1H/t9-;/m1./s1. The number of amides is 1. The molecule has 0 aliphatic carbocycles. The topological polar surface area (TPSA) is 90.6 Å². The Morgan fingerprint density at radius 3 is 2.40 bits per heavy atom. The van der Waals surface area contributed by atoms with Crippen molar-refractivity contribution in [3.8, 4) is 5.75 Å². The van der Waals surface area contributed by atoms with E-state index in [1.165, 1.54) is 7.11 Å². The Kier molecular flexibility index (Phi) is 8.35. The molecule has 0 fully saturated rings. The van der Waals surface area contributed by atoms with Crippen molar-refractivity contribution in [2.24, 2.45) is 5.73 Å². The van der Waals surface area contributed by atoms with Gasteiger partial charge in [-0.1, -0.05) is 0 Å². The average molecular weight is 303 g/mol. The second kappa shape index (κ2) is 9.17. The van der Waals surface area contributed by atoms with E-state index in [1.54, 1.807) is 31.2 Å². The van der Waals surface area contributed by atoms with Crippen molar-refractivity contribution in [3.63, 3.8) is 0 Å². The number of carbonyl (C=O) groups is 2. The normalized spacial score (nSPS) is 10.9. The van der Waals surface area contributed by atoms with Crippen LogP contribution in [0.2, 0.25) is 0 Å². The Bertz CT molecular complexity index is 435. The van der Waals surface area contributed by atoms with Crippen LogP contribution >= 0.6 is 12.4 Å². The highest BCUT2D eigenvalue weighted by atomic mass is 35.5. The van der Waals surface area contributed by atoms with Gasteiger partial charge in [-0.3, -0.25) is 9.59 Å². The number of carbonyl (C=O) groups excluding carboxylic acids is 2. The monoisotopic (exact) mass is 302 g/mol. The smallest absolute Gasteiger partial charge is 0.308 e. The number of halogens is 1. The molecule has 1 amide bonds. The minimum absolute atomic E-state index is 0. The first kappa shape index (κ1) is 18.2. The van der Waals surface area contributed by atoms with Gasteiger partial charge in [-0.15, -0.1) is 12.4 Å². The largest absolute Gasteiger partial charge is 0.493 e. The van der Waals surface area contributed by atoms with E-state index in [-0.39, 0.29) is 37.3 Å². The van der Waals surface area contributed by atoms with E-state index < -0.39 is 6.04 Å². The van der Waals surface area contributed by atoms with Crippen molar-refractivity contribution in [3.05, 3.63) is 24.3 Å². The van der Waals surface area contributed by atoms with E-state index in [9.17, 15) is 9.59 Å². The molecule has 3 N–H and O–H groups in total. The van der Waals surface area contributed by atoms with E-state index >= 15 is 0 Å². The summed E-state index contributed by atoms with van der Waals surface area (Å²) in [5, 5.41) is 2.66. The van der Waals surface area contributed by atoms with E-state index in [1.807, 2.05) is 0 Å². The zero-order chi connectivity index (χ0) is 14.3. The first-order valence-electron chi connectivity index (χ1n) is 5.89. The molecule has 0 spiro atoms. The number of methoxy groups -OCH3 is 1. The molecule has 112 valence electrons. The SMILES string of the molecule is COC(=O)CCOc1ccc(NC(=O)[C@@H](C)N)cc1.Cl. The van der Waals surface area contributed by atoms with Crippen LogP contribution in [-0.4, -0.2) is 31.6 Å². The molecule has 0 bridgehead atoms. The van der Waals surface area contributed by atoms with Crippen molar-refractivity contribution < 1.29 is 19.1 Å². The van der Waals surface area contributed by atoms with Gasteiger partial charge in [0.25, 0.3) is 0 Å². The number of hydrogen-bond donors (Lipinski definition) is 2. The van der Waals surface area contributed by atoms with Crippen LogP contribution in [0.5, 0.6) is 5.75 Å². The highest BCUT2D eigenvalue weighted by molar-refractivity contribution is 5.94. The van der Waals surface area contributed by atoms with Crippen LogP contribution in [0.25, 0.3) is 0 Å². The van der Waals surface area contributed by atoms with Crippen LogP contribution in [0.3, 0.4) is 0 Å². The fourth-order valence-electron chi connectivity index (χ4n) is 1.24. The van der Waals surface area contributed by atoms with Gasteiger partial charge >= 0.3 is 5.97 Å². The highest BCUT2D eigenvalue weighted by Gasteiger charge is 2.07. The lowest BCUT2D eigenvalue weighted by molar-refractivity contribution is -0.141. The summed E-state index contributed by atoms with van der Waals surface area (Å²) in [7, 11) is 1.33. The van der Waals surface area contributed by atoms with Gasteiger partial charge in [-0.05, 0) is 31.2 Å². The molecule has 0 unspecified atom stereocenters. The summed E-state index contributed by atoms with van der Waals surface area (Å²) in [6, 6.07) is 6.25. The van der Waals surface area contributed by atoms with Gasteiger partial charge in [0, 0.05) is 5.69 Å². The van der Waals surface area contributed by atoms with Crippen LogP contribution < -0.4 is 15.8 Å². The molecule has 1 aromatic rings. The third kappa shape index (κ3) is 6.40. The van der Waals surface area contributed by atoms with E-state index in [0.29, 0.717) is 11.4 Å². The molecule has 0 aliphatic heterocycles. The Morgan fingerprint density at radius 2 is 1.90 bits per heavy atom. The number of anilines is 1. The lowest BCUT2D eigenvalue weighted by atomic mass is 10.2. The Hall–Kier alpha value is -1.79. The van der Waals surface area contributed by atoms with Gasteiger partial charge in [0.2, 0.25) is 5.91 Å². The number of rotatable bonds is 6. The molecule has 0 saturated carbocycles. The fourth-order valence-corrected chi connectivity index (χ4v) is 1.24. The molecule has 7 heteroatoms. The molecule has 0 saturated heterocycles. The predicted molar refractivity (Wildman–Crippen MR) is 78.1 cm³/mol. The molecule has 6 nitrogen and oxygen atoms in total. The first-order valence-corrected chi connectivity index (χ1v) is 5.89. The van der Waals surface area contributed by atoms with Crippen LogP contribution in [0.1, 0.15) is 13.3 Å². The average Bonchev–Trinajstić information content (AvgIpc) is 2.40. The van der Waals surface area contributed by atoms with Crippen molar-refractivity contribution in [1.29, 1.82) is 0 Å². The summed E-state index contributed by atoms with van der Waals surface area (Å²) in [6.45, 7) is 1.86. The number of ether oxygens (including phenoxy) is 2. The molecule has 0 radical (unpaired) electrons. The quantitative estimate of drug-likeness (QED) is 0.774. The minimum atomic E-state index is -0.559. The fraction of sp³-hybridized carbons (Fsp3) is 0.385. The third-order valence-electron chi connectivity index (χ3n) is 2.34. The number of nitrogens with one attached hydrogen (secondary N) is 1. The predicted octanol–water partition coefficient (Wildman–Crippen LogP) is 1.34. The zero-order valence-corrected chi connectivity index (χ0v) is 12.2. The maximum Gasteiger partial charge on any atom is 0.308 e. The summed E-state index contributed by atoms with van der Waals surface area (Å²) in [5.41, 5.74) is 6.08. The van der Waals surface area contributed by atoms with Crippen molar-refractivity contribution in [2.75, 3.05) is 19.0 Å². The number of hydrogen-bond acceptors (Lipinski definition) is 5. The molecule has 1 rings (SSSR count). The van der Waals surface area contributed by atoms with E-state index in [4.69, 9.17) is 10.5 Å². The van der Waals surface area contributed by atoms with E-state index in [2.05, 4.69) is 10.1 Å². The summed E-state index contributed by atoms with van der Waals surface area (Å²) in [6.07, 6.45) is 0.194. The summed E-state index contributed by atoms with van der Waals surface area (Å²) >= 11 is 0. The maximum atomic E-state index is 11.4. The van der Waals surface area contributed by atoms with Gasteiger partial charge in [-0.25, -0.2) is 0 Å². The lowest BCUT2D eigenvalue weighted by Gasteiger charge is -2.09. The van der Waals surface area contributed by atoms with E-state index in [0.717, 1.165) is 0 Å². The Balaban J connectivity index is 0.00000361. The molecule has 0 heterocycles. The van der Waals surface area contributed by atoms with Gasteiger partial charge in [0.15, 0.2) is 0 Å². The number of nitrogens with two attached hydrogens (primary N) is 1. The van der Waals surface area contributed by atoms with Gasteiger partial charge in [0.1, 0.15) is 5.75 Å². The van der Waals surface area contributed by atoms with Crippen LogP contribution in [0, 0.1) is 0 Å². The molecule has 20 heavy (non-hydrogen) atoms. The van der Waals surface area contributed by atoms with Crippen LogP contribution in [0.15, 0.2) is 24.3 Å². The number of esters is 1. The van der Waals surface area contributed by atoms with Crippen molar-refractivity contribution >= 4 is 30.0 Å². The van der Waals surface area contributed by atoms with Gasteiger partial charge in [-0.2, -0.15) is 0 Å². The minimum Gasteiger partial charge on any atom is -0.493 e. The molecule has 0 aliphatic rings. The molecule has 0 aromatic heterocycles. The summed E-state index contributed by atoms with van der Waals surface area (Å²) in [5.74, 6) is 0.0443. The third-order valence-corrected chi connectivity index (χ3v) is 2.34. The Morgan fingerprint density at radius 1 is 1.30 bits per heavy atom. The second-order valence-electron chi connectivity index (χ2n) is 3.98. The van der Waals surface area contributed by atoms with Crippen molar-refractivity contribution in [1.82, 2.24) is 0 Å². The second-order valence-corrected chi connectivity index (χ2v) is 3.98. The van der Waals surface area contributed by atoms with Crippen LogP contribution in [0.4, 0.5) is 5.69 Å². The first-order chi connectivity index (χ1) is 9.02. The molecule has 1 aromatic carbocycles. The Labute approximate surface area is 124 Å². The van der Waals surface area contributed by atoms with Crippen LogP contribution in [-0.2, 0) is 14.3 Å². The number of benzene rings is 1. The van der Waals surface area contributed by atoms with Gasteiger partial charge in [0.05, 0.1) is 26.2 Å². The lowest BCUT2D eigenvalue weighted by Crippen LogP contribution is -2.32. The highest BCUT2D eigenvalue weighted by Crippen LogP contribution is 2.16. The molecular weight excluding hydrogens is 284 g/mol.